The first-order valence-electron chi connectivity index (χ1n) is 12.4. The van der Waals surface area contributed by atoms with E-state index in [-0.39, 0.29) is 34.5 Å². The van der Waals surface area contributed by atoms with Gasteiger partial charge in [0.2, 0.25) is 0 Å². The minimum atomic E-state index is -0.248. The number of ketones is 1. The monoisotopic (exact) mass is 448 g/mol. The third-order valence-electron chi connectivity index (χ3n) is 8.39. The molecule has 2 nitrogen and oxygen atoms in total. The van der Waals surface area contributed by atoms with E-state index in [9.17, 15) is 14.3 Å². The average Bonchev–Trinajstić information content (AvgIpc) is 3.07. The van der Waals surface area contributed by atoms with Gasteiger partial charge >= 0.3 is 0 Å². The molecule has 5 unspecified atom stereocenters. The number of hydrogen-bond donors (Lipinski definition) is 1. The quantitative estimate of drug-likeness (QED) is 0.482. The molecule has 1 aromatic rings. The predicted molar refractivity (Wildman–Crippen MR) is 131 cm³/mol. The highest BCUT2D eigenvalue weighted by Crippen LogP contribution is 2.63. The molecule has 0 saturated heterocycles. The number of carbonyl (C=O) groups excluding carboxylic acids is 1. The zero-order valence-electron chi connectivity index (χ0n) is 20.5. The molecule has 5 atom stereocenters. The lowest BCUT2D eigenvalue weighted by atomic mass is 9.53. The normalized spacial score (nSPS) is 33.1. The van der Waals surface area contributed by atoms with Gasteiger partial charge in [-0.15, -0.1) is 12.3 Å². The van der Waals surface area contributed by atoms with Crippen LogP contribution in [0.25, 0.3) is 0 Å². The molecule has 0 aromatic heterocycles. The summed E-state index contributed by atoms with van der Waals surface area (Å²) in [6.45, 7) is 8.29. The summed E-state index contributed by atoms with van der Waals surface area (Å²) in [6.07, 6.45) is 13.1. The first-order valence-corrected chi connectivity index (χ1v) is 12.4. The first kappa shape index (κ1) is 24.0. The van der Waals surface area contributed by atoms with E-state index in [1.165, 1.54) is 16.7 Å². The molecule has 0 spiro atoms. The number of fused-ring (bicyclic) bond motifs is 4. The van der Waals surface area contributed by atoms with Crippen molar-refractivity contribution in [3.8, 4) is 12.3 Å². The zero-order chi connectivity index (χ0) is 24.0. The Kier molecular flexibility index (Phi) is 6.45. The van der Waals surface area contributed by atoms with E-state index in [0.717, 1.165) is 44.1 Å². The van der Waals surface area contributed by atoms with Gasteiger partial charge in [0.1, 0.15) is 5.82 Å². The zero-order valence-corrected chi connectivity index (χ0v) is 20.5. The lowest BCUT2D eigenvalue weighted by Crippen LogP contribution is -2.45. The first-order chi connectivity index (χ1) is 15.5. The molecule has 0 heterocycles. The Hall–Kier alpha value is -2.18. The molecular weight excluding hydrogens is 411 g/mol. The molecular formula is C30H37FO2. The van der Waals surface area contributed by atoms with Crippen LogP contribution in [0.2, 0.25) is 0 Å². The molecule has 0 amide bonds. The molecule has 1 N–H and O–H groups in total. The average molecular weight is 449 g/mol. The van der Waals surface area contributed by atoms with Crippen LogP contribution >= 0.6 is 0 Å². The van der Waals surface area contributed by atoms with Crippen molar-refractivity contribution < 1.29 is 14.3 Å². The Morgan fingerprint density at radius 1 is 1.09 bits per heavy atom. The molecule has 3 heteroatoms. The summed E-state index contributed by atoms with van der Waals surface area (Å²) in [5.74, 6) is 3.87. The number of hydrogen-bond acceptors (Lipinski definition) is 2. The molecule has 4 aliphatic carbocycles. The maximum atomic E-state index is 13.6. The van der Waals surface area contributed by atoms with Crippen molar-refractivity contribution in [2.75, 3.05) is 0 Å². The van der Waals surface area contributed by atoms with Crippen molar-refractivity contribution in [2.45, 2.75) is 84.7 Å². The van der Waals surface area contributed by atoms with E-state index in [1.807, 2.05) is 39.0 Å². The van der Waals surface area contributed by atoms with Gasteiger partial charge in [-0.3, -0.25) is 4.79 Å². The highest BCUT2D eigenvalue weighted by Gasteiger charge is 2.56. The summed E-state index contributed by atoms with van der Waals surface area (Å²) in [4.78, 5) is 12.0. The van der Waals surface area contributed by atoms with E-state index in [4.69, 9.17) is 6.42 Å². The van der Waals surface area contributed by atoms with Crippen LogP contribution in [0.3, 0.4) is 0 Å². The van der Waals surface area contributed by atoms with Crippen molar-refractivity contribution in [3.63, 3.8) is 0 Å². The number of rotatable bonds is 1. The maximum absolute atomic E-state index is 13.6. The third kappa shape index (κ3) is 4.60. The summed E-state index contributed by atoms with van der Waals surface area (Å²) in [5.41, 5.74) is 5.30. The van der Waals surface area contributed by atoms with Crippen LogP contribution in [0.5, 0.6) is 0 Å². The number of carbonyl (C=O) groups is 1. The van der Waals surface area contributed by atoms with E-state index >= 15 is 0 Å². The fraction of sp³-hybridized carbons (Fsp3) is 0.567. The van der Waals surface area contributed by atoms with Gasteiger partial charge in [0.05, 0.1) is 6.10 Å². The lowest BCUT2D eigenvalue weighted by molar-refractivity contribution is -0.114. The second-order valence-electron chi connectivity index (χ2n) is 11.6. The Morgan fingerprint density at radius 3 is 2.39 bits per heavy atom. The number of aliphatic hydroxyl groups is 1. The van der Waals surface area contributed by atoms with Crippen LogP contribution in [0.1, 0.15) is 84.1 Å². The van der Waals surface area contributed by atoms with Crippen LogP contribution < -0.4 is 0 Å². The summed E-state index contributed by atoms with van der Waals surface area (Å²) < 4.78 is 13.6. The van der Waals surface area contributed by atoms with Gasteiger partial charge in [-0.05, 0) is 111 Å². The SMILES string of the molecule is C#CC(C)(C)C.CC12CC(c3ccc(F)cc3)C3=C4CCC(=O)C=C4CCC3C1CCC2O. The van der Waals surface area contributed by atoms with Crippen molar-refractivity contribution in [1.29, 1.82) is 0 Å². The van der Waals surface area contributed by atoms with Crippen LogP contribution in [-0.2, 0) is 4.79 Å². The summed E-state index contributed by atoms with van der Waals surface area (Å²) >= 11 is 0. The number of terminal acetylenes is 1. The van der Waals surface area contributed by atoms with Crippen molar-refractivity contribution >= 4 is 5.78 Å². The van der Waals surface area contributed by atoms with E-state index in [1.54, 1.807) is 12.1 Å². The molecule has 5 rings (SSSR count). The van der Waals surface area contributed by atoms with Crippen LogP contribution in [-0.4, -0.2) is 17.0 Å². The number of aliphatic hydroxyl groups excluding tert-OH is 1. The second kappa shape index (κ2) is 8.88. The highest BCUT2D eigenvalue weighted by atomic mass is 19.1. The fourth-order valence-corrected chi connectivity index (χ4v) is 6.63. The Morgan fingerprint density at radius 2 is 1.76 bits per heavy atom. The Balaban J connectivity index is 0.000000385. The summed E-state index contributed by atoms with van der Waals surface area (Å²) in [6, 6.07) is 6.95. The Labute approximate surface area is 198 Å². The number of allylic oxidation sites excluding steroid dienone is 4. The van der Waals surface area contributed by atoms with Gasteiger partial charge < -0.3 is 5.11 Å². The Bertz CT molecular complexity index is 1020. The van der Waals surface area contributed by atoms with E-state index in [2.05, 4.69) is 12.8 Å². The molecule has 176 valence electrons. The standard InChI is InChI=1S/C24H27FO2.C6H10/c1-24-13-20(14-2-5-16(25)6-3-14)23-18-9-7-17(26)12-15(18)4-8-19(23)21(24)10-11-22(24)27;1-5-6(2,3)4/h2-3,5-6,12,19-22,27H,4,7-11,13H2,1H3;1H,2-4H3. The molecule has 0 radical (unpaired) electrons. The van der Waals surface area contributed by atoms with Crippen molar-refractivity contribution in [3.05, 3.63) is 58.4 Å². The van der Waals surface area contributed by atoms with Gasteiger partial charge in [0, 0.05) is 17.8 Å². The van der Waals surface area contributed by atoms with Gasteiger partial charge in [0.25, 0.3) is 0 Å². The summed E-state index contributed by atoms with van der Waals surface area (Å²) in [5, 5.41) is 10.8. The van der Waals surface area contributed by atoms with Gasteiger partial charge in [0.15, 0.2) is 5.78 Å². The maximum Gasteiger partial charge on any atom is 0.156 e. The molecule has 33 heavy (non-hydrogen) atoms. The molecule has 0 aliphatic heterocycles. The van der Waals surface area contributed by atoms with Gasteiger partial charge in [-0.2, -0.15) is 0 Å². The minimum Gasteiger partial charge on any atom is -0.393 e. The summed E-state index contributed by atoms with van der Waals surface area (Å²) in [7, 11) is 0. The molecule has 0 bridgehead atoms. The number of halogens is 1. The largest absolute Gasteiger partial charge is 0.393 e. The molecule has 1 aromatic carbocycles. The van der Waals surface area contributed by atoms with Crippen molar-refractivity contribution in [2.24, 2.45) is 22.7 Å². The predicted octanol–water partition coefficient (Wildman–Crippen LogP) is 6.75. The van der Waals surface area contributed by atoms with Gasteiger partial charge in [-0.1, -0.05) is 24.6 Å². The van der Waals surface area contributed by atoms with Crippen LogP contribution in [0.4, 0.5) is 4.39 Å². The van der Waals surface area contributed by atoms with Gasteiger partial charge in [-0.25, -0.2) is 4.39 Å². The third-order valence-corrected chi connectivity index (χ3v) is 8.39. The highest BCUT2D eigenvalue weighted by molar-refractivity contribution is 5.93. The smallest absolute Gasteiger partial charge is 0.156 e. The molecule has 2 fully saturated rings. The van der Waals surface area contributed by atoms with Crippen molar-refractivity contribution in [1.82, 2.24) is 0 Å². The lowest BCUT2D eigenvalue weighted by Gasteiger charge is -2.52. The van der Waals surface area contributed by atoms with Crippen LogP contribution in [0, 0.1) is 40.8 Å². The molecule has 4 aliphatic rings. The molecule has 2 saturated carbocycles. The minimum absolute atomic E-state index is 0.0694. The fourth-order valence-electron chi connectivity index (χ4n) is 6.63. The number of benzene rings is 1. The van der Waals surface area contributed by atoms with E-state index < -0.39 is 0 Å². The second-order valence-corrected chi connectivity index (χ2v) is 11.6. The van der Waals surface area contributed by atoms with E-state index in [0.29, 0.717) is 18.3 Å². The van der Waals surface area contributed by atoms with Crippen LogP contribution in [0.15, 0.2) is 47.1 Å². The topological polar surface area (TPSA) is 37.3 Å².